The van der Waals surface area contributed by atoms with Gasteiger partial charge in [0.05, 0.1) is 6.10 Å². The first kappa shape index (κ1) is 17.6. The molecule has 1 aliphatic heterocycles. The van der Waals surface area contributed by atoms with Crippen LogP contribution in [0.25, 0.3) is 0 Å². The number of hydrogen-bond acceptors (Lipinski definition) is 4. The normalized spacial score (nSPS) is 25.4. The maximum absolute atomic E-state index is 13.4. The smallest absolute Gasteiger partial charge is 0.165 e. The first-order valence-electron chi connectivity index (χ1n) is 8.83. The lowest BCUT2D eigenvalue weighted by Crippen LogP contribution is -2.24. The Hall–Kier alpha value is -1.79. The van der Waals surface area contributed by atoms with Crippen LogP contribution in [0.2, 0.25) is 0 Å². The Morgan fingerprint density at radius 2 is 1.73 bits per heavy atom. The van der Waals surface area contributed by atoms with E-state index in [0.717, 1.165) is 42.5 Å². The summed E-state index contributed by atoms with van der Waals surface area (Å²) in [6.07, 6.45) is 2.25. The van der Waals surface area contributed by atoms with Crippen molar-refractivity contribution in [1.29, 1.82) is 0 Å². The highest BCUT2D eigenvalue weighted by Crippen LogP contribution is 2.40. The van der Waals surface area contributed by atoms with E-state index in [1.165, 1.54) is 24.3 Å². The van der Waals surface area contributed by atoms with Crippen LogP contribution in [0.3, 0.4) is 0 Å². The second-order valence-corrected chi connectivity index (χ2v) is 8.13. The van der Waals surface area contributed by atoms with Crippen molar-refractivity contribution >= 4 is 11.8 Å². The van der Waals surface area contributed by atoms with Crippen molar-refractivity contribution in [2.45, 2.75) is 23.8 Å². The molecule has 6 heteroatoms. The molecule has 1 saturated carbocycles. The molecule has 0 spiro atoms. The lowest BCUT2D eigenvalue weighted by molar-refractivity contribution is 0.189. The number of fused-ring (bicyclic) bond motifs is 1. The topological polar surface area (TPSA) is 32.7 Å². The second-order valence-electron chi connectivity index (χ2n) is 7.11. The number of aromatic hydroxyl groups is 1. The average Bonchev–Trinajstić information content (AvgIpc) is 3.16. The lowest BCUT2D eigenvalue weighted by Gasteiger charge is -2.19. The number of rotatable bonds is 5. The molecule has 3 nitrogen and oxygen atoms in total. The van der Waals surface area contributed by atoms with Crippen molar-refractivity contribution in [2.75, 3.05) is 19.0 Å². The molecule has 0 bridgehead atoms. The number of likely N-dealkylation sites (tertiary alicyclic amines) is 1. The van der Waals surface area contributed by atoms with Crippen LogP contribution in [-0.2, 0) is 0 Å². The van der Waals surface area contributed by atoms with E-state index in [1.54, 1.807) is 30.0 Å². The Bertz CT molecular complexity index is 757. The van der Waals surface area contributed by atoms with E-state index in [2.05, 4.69) is 4.90 Å². The van der Waals surface area contributed by atoms with Gasteiger partial charge in [-0.15, -0.1) is 11.8 Å². The summed E-state index contributed by atoms with van der Waals surface area (Å²) < 4.78 is 32.4. The second kappa shape index (κ2) is 7.45. The minimum absolute atomic E-state index is 0.205. The molecule has 2 aromatic carbocycles. The summed E-state index contributed by atoms with van der Waals surface area (Å²) in [5.41, 5.74) is 0. The highest BCUT2D eigenvalue weighted by atomic mass is 32.2. The van der Waals surface area contributed by atoms with Crippen molar-refractivity contribution in [2.24, 2.45) is 11.8 Å². The molecular weight excluding hydrogens is 356 g/mol. The zero-order valence-electron chi connectivity index (χ0n) is 14.3. The largest absolute Gasteiger partial charge is 0.505 e. The summed E-state index contributed by atoms with van der Waals surface area (Å²) in [6.45, 7) is 2.06. The summed E-state index contributed by atoms with van der Waals surface area (Å²) in [5.74, 6) is 1.67. The molecule has 0 radical (unpaired) electrons. The summed E-state index contributed by atoms with van der Waals surface area (Å²) in [7, 11) is 0. The van der Waals surface area contributed by atoms with Crippen LogP contribution in [0.15, 0.2) is 47.4 Å². The molecule has 1 heterocycles. The number of phenolic OH excluding ortho intramolecular Hbond substituents is 1. The molecule has 1 saturated heterocycles. The monoisotopic (exact) mass is 377 g/mol. The Morgan fingerprint density at radius 3 is 2.38 bits per heavy atom. The molecule has 1 unspecified atom stereocenters. The number of nitrogens with zero attached hydrogens (tertiary/aromatic N) is 1. The highest BCUT2D eigenvalue weighted by molar-refractivity contribution is 7.99. The SMILES string of the molecule is Oc1ccc(SCN2C[C@H]3CC(Oc4ccc(F)cc4)C[C@H]3C2)cc1F. The highest BCUT2D eigenvalue weighted by Gasteiger charge is 2.41. The molecule has 138 valence electrons. The van der Waals surface area contributed by atoms with Gasteiger partial charge in [-0.25, -0.2) is 8.78 Å². The van der Waals surface area contributed by atoms with Crippen molar-refractivity contribution in [3.8, 4) is 11.5 Å². The van der Waals surface area contributed by atoms with Crippen LogP contribution in [0.4, 0.5) is 8.78 Å². The summed E-state index contributed by atoms with van der Waals surface area (Å²) in [4.78, 5) is 3.23. The van der Waals surface area contributed by atoms with Crippen molar-refractivity contribution in [3.05, 3.63) is 54.1 Å². The predicted molar refractivity (Wildman–Crippen MR) is 97.4 cm³/mol. The van der Waals surface area contributed by atoms with E-state index in [0.29, 0.717) is 11.8 Å². The molecule has 2 aromatic rings. The fourth-order valence-electron chi connectivity index (χ4n) is 3.99. The van der Waals surface area contributed by atoms with Crippen LogP contribution in [0.1, 0.15) is 12.8 Å². The van der Waals surface area contributed by atoms with E-state index in [4.69, 9.17) is 4.74 Å². The molecule has 1 N–H and O–H groups in total. The Kier molecular flexibility index (Phi) is 5.05. The van der Waals surface area contributed by atoms with Gasteiger partial charge in [-0.3, -0.25) is 4.90 Å². The van der Waals surface area contributed by atoms with Gasteiger partial charge >= 0.3 is 0 Å². The third-order valence-corrected chi connectivity index (χ3v) is 6.31. The van der Waals surface area contributed by atoms with Crippen molar-refractivity contribution < 1.29 is 18.6 Å². The van der Waals surface area contributed by atoms with Gasteiger partial charge in [-0.2, -0.15) is 0 Å². The minimum Gasteiger partial charge on any atom is -0.505 e. The first-order valence-corrected chi connectivity index (χ1v) is 9.81. The third kappa shape index (κ3) is 3.96. The maximum Gasteiger partial charge on any atom is 0.165 e. The zero-order chi connectivity index (χ0) is 18.1. The molecule has 4 rings (SSSR count). The van der Waals surface area contributed by atoms with Crippen LogP contribution in [0.5, 0.6) is 11.5 Å². The standard InChI is InChI=1S/C20H21F2NO2S/c21-15-1-3-16(4-2-15)25-17-7-13-10-23(11-14(13)8-17)12-26-18-5-6-20(24)19(22)9-18/h1-6,9,13-14,17,24H,7-8,10-12H2/t13-,14+,17?. The van der Waals surface area contributed by atoms with Crippen LogP contribution in [-0.4, -0.2) is 35.1 Å². The molecular formula is C20H21F2NO2S. The van der Waals surface area contributed by atoms with Gasteiger partial charge in [0.2, 0.25) is 0 Å². The minimum atomic E-state index is -0.575. The summed E-state index contributed by atoms with van der Waals surface area (Å²) in [6, 6.07) is 10.7. The third-order valence-electron chi connectivity index (χ3n) is 5.23. The van der Waals surface area contributed by atoms with E-state index in [1.807, 2.05) is 0 Å². The van der Waals surface area contributed by atoms with Crippen molar-refractivity contribution in [3.63, 3.8) is 0 Å². The Labute approximate surface area is 156 Å². The number of benzene rings is 2. The van der Waals surface area contributed by atoms with E-state index < -0.39 is 5.82 Å². The van der Waals surface area contributed by atoms with Gasteiger partial charge < -0.3 is 9.84 Å². The van der Waals surface area contributed by atoms with E-state index >= 15 is 0 Å². The summed E-state index contributed by atoms with van der Waals surface area (Å²) >= 11 is 1.59. The molecule has 3 atom stereocenters. The fraction of sp³-hybridized carbons (Fsp3) is 0.400. The van der Waals surface area contributed by atoms with Crippen molar-refractivity contribution in [1.82, 2.24) is 4.90 Å². The fourth-order valence-corrected chi connectivity index (χ4v) is 4.89. The molecule has 2 fully saturated rings. The molecule has 1 aliphatic carbocycles. The summed E-state index contributed by atoms with van der Waals surface area (Å²) in [5, 5.41) is 9.25. The molecule has 0 amide bonds. The number of hydrogen-bond donors (Lipinski definition) is 1. The van der Waals surface area contributed by atoms with Crippen LogP contribution in [0, 0.1) is 23.5 Å². The van der Waals surface area contributed by atoms with E-state index in [-0.39, 0.29) is 17.7 Å². The maximum atomic E-state index is 13.4. The van der Waals surface area contributed by atoms with Crippen LogP contribution < -0.4 is 4.74 Å². The number of ether oxygens (including phenoxy) is 1. The Morgan fingerprint density at radius 1 is 1.04 bits per heavy atom. The number of thioether (sulfide) groups is 1. The molecule has 26 heavy (non-hydrogen) atoms. The van der Waals surface area contributed by atoms with Crippen LogP contribution >= 0.6 is 11.8 Å². The van der Waals surface area contributed by atoms with Gasteiger partial charge in [0.15, 0.2) is 11.6 Å². The lowest BCUT2D eigenvalue weighted by atomic mass is 10.0. The van der Waals surface area contributed by atoms with Gasteiger partial charge in [0.1, 0.15) is 11.6 Å². The molecule has 0 aromatic heterocycles. The molecule has 2 aliphatic rings. The Balaban J connectivity index is 1.25. The number of phenols is 1. The first-order chi connectivity index (χ1) is 12.6. The average molecular weight is 377 g/mol. The van der Waals surface area contributed by atoms with Gasteiger partial charge in [0, 0.05) is 23.9 Å². The predicted octanol–water partition coefficient (Wildman–Crippen LogP) is 4.51. The van der Waals surface area contributed by atoms with E-state index in [9.17, 15) is 13.9 Å². The van der Waals surface area contributed by atoms with Gasteiger partial charge in [0.25, 0.3) is 0 Å². The zero-order valence-corrected chi connectivity index (χ0v) is 15.1. The quantitative estimate of drug-likeness (QED) is 0.777. The van der Waals surface area contributed by atoms with Gasteiger partial charge in [-0.05, 0) is 67.1 Å². The number of halogens is 2. The van der Waals surface area contributed by atoms with Gasteiger partial charge in [-0.1, -0.05) is 0 Å².